The zero-order chi connectivity index (χ0) is 9.68. The predicted molar refractivity (Wildman–Crippen MR) is 54.9 cm³/mol. The minimum atomic E-state index is -0.0634. The van der Waals surface area contributed by atoms with E-state index in [0.717, 1.165) is 5.56 Å². The van der Waals surface area contributed by atoms with Crippen molar-refractivity contribution in [2.45, 2.75) is 13.8 Å². The summed E-state index contributed by atoms with van der Waals surface area (Å²) in [5.74, 6) is -0.0916. The van der Waals surface area contributed by atoms with Crippen molar-refractivity contribution in [3.05, 3.63) is 22.4 Å². The summed E-state index contributed by atoms with van der Waals surface area (Å²) in [5, 5.41) is 7.74. The van der Waals surface area contributed by atoms with Crippen molar-refractivity contribution in [3.63, 3.8) is 0 Å². The quantitative estimate of drug-likeness (QED) is 0.582. The van der Waals surface area contributed by atoms with Crippen LogP contribution >= 0.6 is 11.3 Å². The lowest BCUT2D eigenvalue weighted by atomic mass is 10.2. The second-order valence-corrected chi connectivity index (χ2v) is 3.73. The van der Waals surface area contributed by atoms with E-state index in [4.69, 9.17) is 0 Å². The van der Waals surface area contributed by atoms with Gasteiger partial charge in [-0.1, -0.05) is 13.8 Å². The molecule has 0 aliphatic rings. The van der Waals surface area contributed by atoms with Gasteiger partial charge in [0.25, 0.3) is 0 Å². The molecule has 1 aromatic rings. The predicted octanol–water partition coefficient (Wildman–Crippen LogP) is 1.85. The molecule has 4 heteroatoms. The average Bonchev–Trinajstić information content (AvgIpc) is 2.56. The topological polar surface area (TPSA) is 41.5 Å². The van der Waals surface area contributed by atoms with Crippen molar-refractivity contribution in [3.8, 4) is 0 Å². The molecule has 0 bridgehead atoms. The van der Waals surface area contributed by atoms with Crippen LogP contribution in [0.1, 0.15) is 19.4 Å². The van der Waals surface area contributed by atoms with Crippen LogP contribution < -0.4 is 5.43 Å². The molecule has 13 heavy (non-hydrogen) atoms. The summed E-state index contributed by atoms with van der Waals surface area (Å²) in [6.45, 7) is 3.66. The van der Waals surface area contributed by atoms with Gasteiger partial charge in [0.2, 0.25) is 5.91 Å². The lowest BCUT2D eigenvalue weighted by Gasteiger charge is -2.00. The van der Waals surface area contributed by atoms with E-state index in [-0.39, 0.29) is 11.8 Å². The molecule has 1 heterocycles. The summed E-state index contributed by atoms with van der Waals surface area (Å²) in [6.07, 6.45) is 1.64. The van der Waals surface area contributed by atoms with E-state index in [2.05, 4.69) is 10.5 Å². The van der Waals surface area contributed by atoms with Crippen LogP contribution in [0.4, 0.5) is 0 Å². The minimum absolute atomic E-state index is 0.0281. The van der Waals surface area contributed by atoms with Crippen LogP contribution in [0.5, 0.6) is 0 Å². The molecule has 1 N–H and O–H groups in total. The first-order chi connectivity index (χ1) is 6.20. The Morgan fingerprint density at radius 2 is 2.46 bits per heavy atom. The fourth-order valence-electron chi connectivity index (χ4n) is 0.648. The molecule has 0 saturated carbocycles. The molecule has 0 radical (unpaired) electrons. The van der Waals surface area contributed by atoms with Gasteiger partial charge in [-0.05, 0) is 16.8 Å². The highest BCUT2D eigenvalue weighted by atomic mass is 32.1. The highest BCUT2D eigenvalue weighted by molar-refractivity contribution is 7.08. The van der Waals surface area contributed by atoms with Crippen LogP contribution in [0.15, 0.2) is 21.9 Å². The first kappa shape index (κ1) is 9.92. The van der Waals surface area contributed by atoms with E-state index in [1.807, 2.05) is 30.7 Å². The summed E-state index contributed by atoms with van der Waals surface area (Å²) < 4.78 is 0. The third kappa shape index (κ3) is 3.38. The van der Waals surface area contributed by atoms with Gasteiger partial charge in [-0.3, -0.25) is 4.79 Å². The molecule has 1 amide bonds. The summed E-state index contributed by atoms with van der Waals surface area (Å²) in [6, 6.07) is 1.94. The van der Waals surface area contributed by atoms with Crippen molar-refractivity contribution in [2.75, 3.05) is 0 Å². The number of carbonyl (C=O) groups is 1. The van der Waals surface area contributed by atoms with Crippen LogP contribution in [0.3, 0.4) is 0 Å². The lowest BCUT2D eigenvalue weighted by molar-refractivity contribution is -0.123. The van der Waals surface area contributed by atoms with Gasteiger partial charge in [-0.2, -0.15) is 16.4 Å². The van der Waals surface area contributed by atoms with Gasteiger partial charge in [-0.15, -0.1) is 0 Å². The first-order valence-corrected chi connectivity index (χ1v) is 4.99. The van der Waals surface area contributed by atoms with E-state index >= 15 is 0 Å². The Balaban J connectivity index is 2.39. The van der Waals surface area contributed by atoms with Crippen molar-refractivity contribution < 1.29 is 4.79 Å². The van der Waals surface area contributed by atoms with Gasteiger partial charge >= 0.3 is 0 Å². The number of rotatable bonds is 3. The maximum Gasteiger partial charge on any atom is 0.242 e. The highest BCUT2D eigenvalue weighted by Gasteiger charge is 2.03. The van der Waals surface area contributed by atoms with Crippen LogP contribution in [0.2, 0.25) is 0 Å². The van der Waals surface area contributed by atoms with Crippen LogP contribution in [0, 0.1) is 5.92 Å². The highest BCUT2D eigenvalue weighted by Crippen LogP contribution is 2.02. The standard InChI is InChI=1S/C9H12N2OS/c1-7(2)9(12)11-10-5-8-3-4-13-6-8/h3-7H,1-2H3,(H,11,12)/b10-5+. The maximum absolute atomic E-state index is 11.0. The third-order valence-electron chi connectivity index (χ3n) is 1.46. The summed E-state index contributed by atoms with van der Waals surface area (Å²) >= 11 is 1.60. The molecular weight excluding hydrogens is 184 g/mol. The second kappa shape index (κ2) is 4.77. The molecular formula is C9H12N2OS. The molecule has 0 unspecified atom stereocenters. The van der Waals surface area contributed by atoms with Crippen molar-refractivity contribution in [1.29, 1.82) is 0 Å². The Hall–Kier alpha value is -1.16. The van der Waals surface area contributed by atoms with Crippen molar-refractivity contribution in [2.24, 2.45) is 11.0 Å². The SMILES string of the molecule is CC(C)C(=O)N/N=C/c1ccsc1. The molecule has 0 spiro atoms. The largest absolute Gasteiger partial charge is 0.273 e. The average molecular weight is 196 g/mol. The normalized spacial score (nSPS) is 11.0. The van der Waals surface area contributed by atoms with E-state index in [1.54, 1.807) is 17.6 Å². The number of hydrogen-bond acceptors (Lipinski definition) is 3. The maximum atomic E-state index is 11.0. The molecule has 1 rings (SSSR count). The number of nitrogens with one attached hydrogen (secondary N) is 1. The Labute approximate surface area is 81.5 Å². The van der Waals surface area contributed by atoms with Gasteiger partial charge in [0.1, 0.15) is 0 Å². The molecule has 0 atom stereocenters. The number of carbonyl (C=O) groups excluding carboxylic acids is 1. The zero-order valence-electron chi connectivity index (χ0n) is 7.65. The van der Waals surface area contributed by atoms with Gasteiger partial charge in [-0.25, -0.2) is 5.43 Å². The fraction of sp³-hybridized carbons (Fsp3) is 0.333. The van der Waals surface area contributed by atoms with Crippen molar-refractivity contribution in [1.82, 2.24) is 5.43 Å². The summed E-state index contributed by atoms with van der Waals surface area (Å²) in [4.78, 5) is 11.0. The lowest BCUT2D eigenvalue weighted by Crippen LogP contribution is -2.22. The van der Waals surface area contributed by atoms with Gasteiger partial charge in [0.15, 0.2) is 0 Å². The molecule has 70 valence electrons. The third-order valence-corrected chi connectivity index (χ3v) is 2.16. The number of thiophene rings is 1. The molecule has 0 aromatic carbocycles. The van der Waals surface area contributed by atoms with Crippen LogP contribution in [-0.4, -0.2) is 12.1 Å². The Bertz CT molecular complexity index is 291. The molecule has 0 fully saturated rings. The second-order valence-electron chi connectivity index (χ2n) is 2.95. The molecule has 3 nitrogen and oxygen atoms in total. The smallest absolute Gasteiger partial charge is 0.242 e. The van der Waals surface area contributed by atoms with E-state index < -0.39 is 0 Å². The molecule has 1 aromatic heterocycles. The zero-order valence-corrected chi connectivity index (χ0v) is 8.47. The van der Waals surface area contributed by atoms with E-state index in [9.17, 15) is 4.79 Å². The van der Waals surface area contributed by atoms with E-state index in [1.165, 1.54) is 0 Å². The molecule has 0 aliphatic carbocycles. The number of hydrogen-bond donors (Lipinski definition) is 1. The number of amides is 1. The van der Waals surface area contributed by atoms with Gasteiger partial charge in [0, 0.05) is 11.5 Å². The van der Waals surface area contributed by atoms with E-state index in [0.29, 0.717) is 0 Å². The minimum Gasteiger partial charge on any atom is -0.273 e. The van der Waals surface area contributed by atoms with Gasteiger partial charge in [0.05, 0.1) is 6.21 Å². The Morgan fingerprint density at radius 3 is 3.00 bits per heavy atom. The molecule has 0 aliphatic heterocycles. The number of nitrogens with zero attached hydrogens (tertiary/aromatic N) is 1. The Morgan fingerprint density at radius 1 is 1.69 bits per heavy atom. The van der Waals surface area contributed by atoms with Crippen LogP contribution in [-0.2, 0) is 4.79 Å². The first-order valence-electron chi connectivity index (χ1n) is 4.05. The van der Waals surface area contributed by atoms with Crippen LogP contribution in [0.25, 0.3) is 0 Å². The monoisotopic (exact) mass is 196 g/mol. The summed E-state index contributed by atoms with van der Waals surface area (Å²) in [7, 11) is 0. The molecule has 0 saturated heterocycles. The fourth-order valence-corrected chi connectivity index (χ4v) is 1.26. The number of hydrazone groups is 1. The Kier molecular flexibility index (Phi) is 3.64. The summed E-state index contributed by atoms with van der Waals surface area (Å²) in [5.41, 5.74) is 3.46. The van der Waals surface area contributed by atoms with Gasteiger partial charge < -0.3 is 0 Å². The van der Waals surface area contributed by atoms with Crippen molar-refractivity contribution >= 4 is 23.5 Å².